The van der Waals surface area contributed by atoms with Gasteiger partial charge in [0.05, 0.1) is 0 Å². The molecular formula is C57H98O6. The fourth-order valence-electron chi connectivity index (χ4n) is 7.25. The standard InChI is InChI=1S/C57H98O6/c1-4-7-10-13-16-19-22-25-26-27-28-29-30-33-35-38-41-44-47-50-56(59)62-53-54(63-57(60)51-48-45-42-39-36-32-24-21-18-15-12-9-6-3)52-61-55(58)49-46-43-40-37-34-31-23-20-17-14-11-8-5-2/h7,10,16,19,25-26,28-29,32,36,42,45,54H,4-6,8-9,11-15,17-18,20-24,27,30-31,33-35,37-41,43-44,46-53H2,1-3H3/b10-7-,19-16-,26-25-,29-28-,36-32-,45-42-. The van der Waals surface area contributed by atoms with E-state index in [4.69, 9.17) is 14.2 Å². The fourth-order valence-corrected chi connectivity index (χ4v) is 7.25. The number of hydrogen-bond acceptors (Lipinski definition) is 6. The van der Waals surface area contributed by atoms with Gasteiger partial charge in [-0.25, -0.2) is 0 Å². The summed E-state index contributed by atoms with van der Waals surface area (Å²) in [5.41, 5.74) is 0. The van der Waals surface area contributed by atoms with Gasteiger partial charge in [0.15, 0.2) is 6.10 Å². The summed E-state index contributed by atoms with van der Waals surface area (Å²) in [5.74, 6) is -0.980. The Kier molecular flexibility index (Phi) is 48.9. The summed E-state index contributed by atoms with van der Waals surface area (Å²) in [6, 6.07) is 0. The molecule has 0 aliphatic heterocycles. The zero-order valence-corrected chi connectivity index (χ0v) is 41.3. The first-order valence-corrected chi connectivity index (χ1v) is 26.4. The lowest BCUT2D eigenvalue weighted by Crippen LogP contribution is -2.30. The summed E-state index contributed by atoms with van der Waals surface area (Å²) in [5, 5.41) is 0. The Labute approximate surface area is 389 Å². The van der Waals surface area contributed by atoms with Gasteiger partial charge in [0.2, 0.25) is 0 Å². The molecule has 1 unspecified atom stereocenters. The first-order valence-electron chi connectivity index (χ1n) is 26.4. The number of carbonyl (C=O) groups is 3. The Morgan fingerprint density at radius 3 is 1.03 bits per heavy atom. The second-order valence-corrected chi connectivity index (χ2v) is 17.4. The molecule has 0 aliphatic rings. The van der Waals surface area contributed by atoms with Crippen molar-refractivity contribution in [1.29, 1.82) is 0 Å². The second-order valence-electron chi connectivity index (χ2n) is 17.4. The van der Waals surface area contributed by atoms with Crippen molar-refractivity contribution in [3.05, 3.63) is 72.9 Å². The van der Waals surface area contributed by atoms with Crippen LogP contribution in [0.15, 0.2) is 72.9 Å². The van der Waals surface area contributed by atoms with Crippen molar-refractivity contribution < 1.29 is 28.6 Å². The fraction of sp³-hybridized carbons (Fsp3) is 0.737. The van der Waals surface area contributed by atoms with Gasteiger partial charge < -0.3 is 14.2 Å². The first kappa shape index (κ1) is 59.9. The minimum Gasteiger partial charge on any atom is -0.462 e. The molecule has 0 heterocycles. The number of esters is 3. The van der Waals surface area contributed by atoms with E-state index >= 15 is 0 Å². The minimum absolute atomic E-state index is 0.101. The van der Waals surface area contributed by atoms with Gasteiger partial charge in [0, 0.05) is 19.3 Å². The molecule has 63 heavy (non-hydrogen) atoms. The van der Waals surface area contributed by atoms with Gasteiger partial charge in [-0.2, -0.15) is 0 Å². The maximum atomic E-state index is 12.8. The molecule has 0 spiro atoms. The largest absolute Gasteiger partial charge is 0.462 e. The van der Waals surface area contributed by atoms with Gasteiger partial charge in [-0.1, -0.05) is 229 Å². The van der Waals surface area contributed by atoms with E-state index in [1.807, 2.05) is 6.08 Å². The molecule has 0 saturated heterocycles. The molecule has 0 fully saturated rings. The van der Waals surface area contributed by atoms with E-state index in [2.05, 4.69) is 87.6 Å². The summed E-state index contributed by atoms with van der Waals surface area (Å²) in [7, 11) is 0. The van der Waals surface area contributed by atoms with Crippen LogP contribution in [-0.2, 0) is 28.6 Å². The van der Waals surface area contributed by atoms with Crippen molar-refractivity contribution in [2.45, 2.75) is 258 Å². The molecule has 6 nitrogen and oxygen atoms in total. The predicted octanol–water partition coefficient (Wildman–Crippen LogP) is 17.4. The van der Waals surface area contributed by atoms with E-state index in [1.165, 1.54) is 116 Å². The van der Waals surface area contributed by atoms with Gasteiger partial charge >= 0.3 is 17.9 Å². The van der Waals surface area contributed by atoms with Gasteiger partial charge in [-0.3, -0.25) is 14.4 Å². The quantitative estimate of drug-likeness (QED) is 0.0262. The molecule has 6 heteroatoms. The molecule has 0 aromatic rings. The van der Waals surface area contributed by atoms with E-state index in [-0.39, 0.29) is 37.5 Å². The van der Waals surface area contributed by atoms with Crippen molar-refractivity contribution in [3.63, 3.8) is 0 Å². The molecule has 0 amide bonds. The Balaban J connectivity index is 4.43. The topological polar surface area (TPSA) is 78.9 Å². The summed E-state index contributed by atoms with van der Waals surface area (Å²) in [6.45, 7) is 6.46. The van der Waals surface area contributed by atoms with Crippen LogP contribution in [0.3, 0.4) is 0 Å². The average molecular weight is 879 g/mol. The zero-order valence-electron chi connectivity index (χ0n) is 41.3. The van der Waals surface area contributed by atoms with Gasteiger partial charge in [0.1, 0.15) is 13.2 Å². The molecule has 0 bridgehead atoms. The molecule has 0 aliphatic carbocycles. The third-order valence-corrected chi connectivity index (χ3v) is 11.2. The lowest BCUT2D eigenvalue weighted by atomic mass is 10.0. The van der Waals surface area contributed by atoms with Crippen LogP contribution < -0.4 is 0 Å². The van der Waals surface area contributed by atoms with Gasteiger partial charge in [-0.15, -0.1) is 0 Å². The number of carbonyl (C=O) groups excluding carboxylic acids is 3. The maximum absolute atomic E-state index is 12.8. The van der Waals surface area contributed by atoms with Crippen molar-refractivity contribution in [3.8, 4) is 0 Å². The monoisotopic (exact) mass is 879 g/mol. The van der Waals surface area contributed by atoms with Crippen molar-refractivity contribution in [2.24, 2.45) is 0 Å². The number of ether oxygens (including phenoxy) is 3. The van der Waals surface area contributed by atoms with Crippen LogP contribution in [0.25, 0.3) is 0 Å². The summed E-state index contributed by atoms with van der Waals surface area (Å²) in [6.07, 6.45) is 64.7. The van der Waals surface area contributed by atoms with Crippen LogP contribution in [-0.4, -0.2) is 37.2 Å². The normalized spacial score (nSPS) is 12.6. The van der Waals surface area contributed by atoms with Crippen LogP contribution in [0, 0.1) is 0 Å². The van der Waals surface area contributed by atoms with Crippen molar-refractivity contribution in [2.75, 3.05) is 13.2 Å². The first-order chi connectivity index (χ1) is 31.0. The van der Waals surface area contributed by atoms with Crippen LogP contribution in [0.5, 0.6) is 0 Å². The molecule has 1 atom stereocenters. The molecule has 0 radical (unpaired) electrons. The summed E-state index contributed by atoms with van der Waals surface area (Å²) >= 11 is 0. The van der Waals surface area contributed by atoms with E-state index in [0.29, 0.717) is 19.3 Å². The van der Waals surface area contributed by atoms with Crippen LogP contribution in [0.2, 0.25) is 0 Å². The smallest absolute Gasteiger partial charge is 0.306 e. The van der Waals surface area contributed by atoms with E-state index in [0.717, 1.165) is 89.9 Å². The Hall–Kier alpha value is -3.15. The maximum Gasteiger partial charge on any atom is 0.306 e. The highest BCUT2D eigenvalue weighted by Crippen LogP contribution is 2.15. The third kappa shape index (κ3) is 49.7. The number of allylic oxidation sites excluding steroid dienone is 12. The van der Waals surface area contributed by atoms with Crippen molar-refractivity contribution >= 4 is 17.9 Å². The van der Waals surface area contributed by atoms with Crippen molar-refractivity contribution in [1.82, 2.24) is 0 Å². The average Bonchev–Trinajstić information content (AvgIpc) is 3.28. The minimum atomic E-state index is -0.809. The lowest BCUT2D eigenvalue weighted by molar-refractivity contribution is -0.166. The number of unbranched alkanes of at least 4 members (excludes halogenated alkanes) is 24. The second kappa shape index (κ2) is 51.5. The van der Waals surface area contributed by atoms with Gasteiger partial charge in [0.25, 0.3) is 0 Å². The highest BCUT2D eigenvalue weighted by atomic mass is 16.6. The van der Waals surface area contributed by atoms with Crippen LogP contribution in [0.4, 0.5) is 0 Å². The molecule has 362 valence electrons. The van der Waals surface area contributed by atoms with Gasteiger partial charge in [-0.05, 0) is 77.0 Å². The van der Waals surface area contributed by atoms with Crippen LogP contribution in [0.1, 0.15) is 252 Å². The zero-order chi connectivity index (χ0) is 45.8. The Bertz CT molecular complexity index is 1190. The van der Waals surface area contributed by atoms with Crippen LogP contribution >= 0.6 is 0 Å². The molecule has 0 aromatic carbocycles. The third-order valence-electron chi connectivity index (χ3n) is 11.2. The highest BCUT2D eigenvalue weighted by molar-refractivity contribution is 5.71. The molecule has 0 N–H and O–H groups in total. The molecule has 0 saturated carbocycles. The van der Waals surface area contributed by atoms with E-state index in [9.17, 15) is 14.4 Å². The number of rotatable bonds is 47. The highest BCUT2D eigenvalue weighted by Gasteiger charge is 2.19. The lowest BCUT2D eigenvalue weighted by Gasteiger charge is -2.18. The molecule has 0 rings (SSSR count). The molecule has 0 aromatic heterocycles. The molecular weight excluding hydrogens is 781 g/mol. The summed E-state index contributed by atoms with van der Waals surface area (Å²) < 4.78 is 16.7. The summed E-state index contributed by atoms with van der Waals surface area (Å²) in [4.78, 5) is 37.9. The number of hydrogen-bond donors (Lipinski definition) is 0. The van der Waals surface area contributed by atoms with E-state index < -0.39 is 6.10 Å². The SMILES string of the molecule is CC/C=C\C/C=C\C/C=C\C/C=C\CCCCCCCCC(=O)OCC(COC(=O)CCCCCCCCCCCCCCC)OC(=O)CC/C=C\C/C=C\CCCCCCCC. The van der Waals surface area contributed by atoms with E-state index in [1.54, 1.807) is 0 Å². The Morgan fingerprint density at radius 1 is 0.333 bits per heavy atom. The predicted molar refractivity (Wildman–Crippen MR) is 270 cm³/mol. The Morgan fingerprint density at radius 2 is 0.651 bits per heavy atom.